The van der Waals surface area contributed by atoms with E-state index in [0.29, 0.717) is 0 Å². The molecule has 130 valence electrons. The fraction of sp³-hybridized carbons (Fsp3) is 0.176. The van der Waals surface area contributed by atoms with Crippen molar-refractivity contribution in [3.05, 3.63) is 62.5 Å². The summed E-state index contributed by atoms with van der Waals surface area (Å²) in [4.78, 5) is 24.7. The van der Waals surface area contributed by atoms with Crippen LogP contribution in [0.15, 0.2) is 45.3 Å². The van der Waals surface area contributed by atoms with Gasteiger partial charge in [0.25, 0.3) is 0 Å². The molecule has 2 N–H and O–H groups in total. The first-order valence-electron chi connectivity index (χ1n) is 7.35. The standard InChI is InChI=1S/C17H12Br2F2N2O2/c18-9-4-8(5-10(19)6-9)11-7-22-16(24)14(11)17(25)23-13-3-1-2-12(20)15(13)21/h1-6,11,14H,7H2,(H,22,24)(H,23,25)/t11-,14-/m1/s1. The quantitative estimate of drug-likeness (QED) is 0.663. The molecule has 0 spiro atoms. The number of hydrogen-bond acceptors (Lipinski definition) is 2. The maximum absolute atomic E-state index is 13.8. The number of carbonyl (C=O) groups excluding carboxylic acids is 2. The van der Waals surface area contributed by atoms with E-state index in [1.165, 1.54) is 12.1 Å². The van der Waals surface area contributed by atoms with Gasteiger partial charge in [0.05, 0.1) is 5.69 Å². The molecule has 25 heavy (non-hydrogen) atoms. The van der Waals surface area contributed by atoms with Crippen LogP contribution in [0.2, 0.25) is 0 Å². The lowest BCUT2D eigenvalue weighted by atomic mass is 9.88. The lowest BCUT2D eigenvalue weighted by molar-refractivity contribution is -0.130. The molecular formula is C17H12Br2F2N2O2. The third-order valence-corrected chi connectivity index (χ3v) is 4.90. The molecule has 1 fully saturated rings. The minimum atomic E-state index is -1.16. The van der Waals surface area contributed by atoms with E-state index in [4.69, 9.17) is 0 Å². The van der Waals surface area contributed by atoms with E-state index < -0.39 is 35.3 Å². The van der Waals surface area contributed by atoms with Gasteiger partial charge in [0.1, 0.15) is 5.92 Å². The van der Waals surface area contributed by atoms with Gasteiger partial charge in [0.2, 0.25) is 11.8 Å². The van der Waals surface area contributed by atoms with Crippen molar-refractivity contribution in [3.8, 4) is 0 Å². The maximum Gasteiger partial charge on any atom is 0.237 e. The van der Waals surface area contributed by atoms with E-state index in [0.717, 1.165) is 20.6 Å². The molecule has 0 aliphatic carbocycles. The van der Waals surface area contributed by atoms with Crippen LogP contribution in [0.3, 0.4) is 0 Å². The monoisotopic (exact) mass is 472 g/mol. The Morgan fingerprint density at radius 1 is 1.16 bits per heavy atom. The smallest absolute Gasteiger partial charge is 0.237 e. The third-order valence-electron chi connectivity index (χ3n) is 3.99. The van der Waals surface area contributed by atoms with Crippen molar-refractivity contribution in [2.45, 2.75) is 5.92 Å². The van der Waals surface area contributed by atoms with Crippen molar-refractivity contribution in [2.24, 2.45) is 5.92 Å². The summed E-state index contributed by atoms with van der Waals surface area (Å²) in [6, 6.07) is 8.96. The van der Waals surface area contributed by atoms with E-state index in [1.807, 2.05) is 18.2 Å². The summed E-state index contributed by atoms with van der Waals surface area (Å²) in [5.41, 5.74) is 0.485. The van der Waals surface area contributed by atoms with Crippen molar-refractivity contribution < 1.29 is 18.4 Å². The molecule has 3 rings (SSSR count). The average Bonchev–Trinajstić information content (AvgIpc) is 2.92. The second kappa shape index (κ2) is 7.21. The SMILES string of the molecule is O=C1NC[C@H](c2cc(Br)cc(Br)c2)[C@H]1C(=O)Nc1cccc(F)c1F. The lowest BCUT2D eigenvalue weighted by Gasteiger charge is -2.18. The minimum Gasteiger partial charge on any atom is -0.355 e. The number of anilines is 1. The molecule has 1 saturated heterocycles. The van der Waals surface area contributed by atoms with E-state index in [1.54, 1.807) is 0 Å². The number of nitrogens with one attached hydrogen (secondary N) is 2. The van der Waals surface area contributed by atoms with Crippen LogP contribution in [0.4, 0.5) is 14.5 Å². The Labute approximate surface area is 159 Å². The van der Waals surface area contributed by atoms with Crippen LogP contribution in [0.5, 0.6) is 0 Å². The van der Waals surface area contributed by atoms with E-state index >= 15 is 0 Å². The summed E-state index contributed by atoms with van der Waals surface area (Å²) in [6.07, 6.45) is 0. The first-order valence-corrected chi connectivity index (χ1v) is 8.94. The van der Waals surface area contributed by atoms with Gasteiger partial charge in [-0.3, -0.25) is 9.59 Å². The number of carbonyl (C=O) groups is 2. The highest BCUT2D eigenvalue weighted by Crippen LogP contribution is 2.33. The molecule has 0 unspecified atom stereocenters. The van der Waals surface area contributed by atoms with Crippen LogP contribution in [-0.2, 0) is 9.59 Å². The van der Waals surface area contributed by atoms with Crippen LogP contribution in [0, 0.1) is 17.6 Å². The fourth-order valence-corrected chi connectivity index (χ4v) is 4.16. The minimum absolute atomic E-state index is 0.283. The lowest BCUT2D eigenvalue weighted by Crippen LogP contribution is -2.32. The van der Waals surface area contributed by atoms with Gasteiger partial charge in [-0.25, -0.2) is 8.78 Å². The van der Waals surface area contributed by atoms with E-state index in [-0.39, 0.29) is 12.2 Å². The largest absolute Gasteiger partial charge is 0.355 e. The van der Waals surface area contributed by atoms with Gasteiger partial charge in [0, 0.05) is 21.4 Å². The van der Waals surface area contributed by atoms with Gasteiger partial charge < -0.3 is 10.6 Å². The van der Waals surface area contributed by atoms with Gasteiger partial charge in [-0.1, -0.05) is 37.9 Å². The Bertz CT molecular complexity index is 840. The molecule has 0 aromatic heterocycles. The van der Waals surface area contributed by atoms with Crippen LogP contribution in [-0.4, -0.2) is 18.4 Å². The van der Waals surface area contributed by atoms with Crippen molar-refractivity contribution >= 4 is 49.4 Å². The van der Waals surface area contributed by atoms with E-state index in [2.05, 4.69) is 42.5 Å². The number of benzene rings is 2. The van der Waals surface area contributed by atoms with Crippen molar-refractivity contribution in [1.29, 1.82) is 0 Å². The molecule has 0 saturated carbocycles. The van der Waals surface area contributed by atoms with Crippen LogP contribution >= 0.6 is 31.9 Å². The van der Waals surface area contributed by atoms with Gasteiger partial charge in [-0.05, 0) is 35.9 Å². The molecule has 2 aromatic rings. The van der Waals surface area contributed by atoms with Gasteiger partial charge in [-0.2, -0.15) is 0 Å². The second-order valence-electron chi connectivity index (χ2n) is 5.62. The Morgan fingerprint density at radius 3 is 2.52 bits per heavy atom. The second-order valence-corrected chi connectivity index (χ2v) is 7.45. The topological polar surface area (TPSA) is 58.2 Å². The molecule has 1 aliphatic rings. The summed E-state index contributed by atoms with van der Waals surface area (Å²) < 4.78 is 28.7. The molecule has 8 heteroatoms. The van der Waals surface area contributed by atoms with Gasteiger partial charge >= 0.3 is 0 Å². The summed E-state index contributed by atoms with van der Waals surface area (Å²) in [7, 11) is 0. The zero-order chi connectivity index (χ0) is 18.1. The summed E-state index contributed by atoms with van der Waals surface area (Å²) in [6.45, 7) is 0.283. The van der Waals surface area contributed by atoms with Crippen molar-refractivity contribution in [3.63, 3.8) is 0 Å². The Kier molecular flexibility index (Phi) is 5.19. The normalized spacial score (nSPS) is 19.6. The van der Waals surface area contributed by atoms with Crippen molar-refractivity contribution in [2.75, 3.05) is 11.9 Å². The maximum atomic E-state index is 13.8. The van der Waals surface area contributed by atoms with E-state index in [9.17, 15) is 18.4 Å². The van der Waals surface area contributed by atoms with Crippen LogP contribution in [0.25, 0.3) is 0 Å². The Morgan fingerprint density at radius 2 is 1.84 bits per heavy atom. The third kappa shape index (κ3) is 3.74. The Balaban J connectivity index is 1.89. The molecule has 1 aliphatic heterocycles. The molecule has 0 radical (unpaired) electrons. The molecular weight excluding hydrogens is 462 g/mol. The molecule has 2 amide bonds. The summed E-state index contributed by atoms with van der Waals surface area (Å²) in [5.74, 6) is -4.81. The molecule has 2 aromatic carbocycles. The highest BCUT2D eigenvalue weighted by molar-refractivity contribution is 9.11. The predicted octanol–water partition coefficient (Wildman–Crippen LogP) is 3.96. The summed E-state index contributed by atoms with van der Waals surface area (Å²) in [5, 5.41) is 4.97. The zero-order valence-electron chi connectivity index (χ0n) is 12.7. The number of amides is 2. The highest BCUT2D eigenvalue weighted by atomic mass is 79.9. The number of rotatable bonds is 3. The molecule has 1 heterocycles. The Hall–Kier alpha value is -1.80. The van der Waals surface area contributed by atoms with Gasteiger partial charge in [-0.15, -0.1) is 0 Å². The highest BCUT2D eigenvalue weighted by Gasteiger charge is 2.41. The fourth-order valence-electron chi connectivity index (χ4n) is 2.83. The van der Waals surface area contributed by atoms with Crippen LogP contribution in [0.1, 0.15) is 11.5 Å². The molecule has 0 bridgehead atoms. The first kappa shape index (κ1) is 18.0. The van der Waals surface area contributed by atoms with Gasteiger partial charge in [0.15, 0.2) is 11.6 Å². The average molecular weight is 474 g/mol. The first-order chi connectivity index (χ1) is 11.9. The van der Waals surface area contributed by atoms with Crippen LogP contribution < -0.4 is 10.6 Å². The predicted molar refractivity (Wildman–Crippen MR) is 96.1 cm³/mol. The van der Waals surface area contributed by atoms with Crippen molar-refractivity contribution in [1.82, 2.24) is 5.32 Å². The summed E-state index contributed by atoms with van der Waals surface area (Å²) >= 11 is 6.75. The number of hydrogen-bond donors (Lipinski definition) is 2. The molecule has 4 nitrogen and oxygen atoms in total. The molecule has 2 atom stereocenters. The zero-order valence-corrected chi connectivity index (χ0v) is 15.8. The number of halogens is 4.